The molecule has 0 fully saturated rings. The number of carbonyl (C=O) groups is 1. The maximum atomic E-state index is 13.0. The molecule has 1 aromatic rings. The molecule has 0 amide bonds. The van der Waals surface area contributed by atoms with Crippen LogP contribution in [-0.2, 0) is 11.2 Å². The summed E-state index contributed by atoms with van der Waals surface area (Å²) in [5.41, 5.74) is 5.90. The van der Waals surface area contributed by atoms with Gasteiger partial charge in [-0.2, -0.15) is 0 Å². The Labute approximate surface area is 113 Å². The van der Waals surface area contributed by atoms with E-state index in [1.54, 1.807) is 0 Å². The summed E-state index contributed by atoms with van der Waals surface area (Å²) in [5.74, 6) is -0.812. The van der Waals surface area contributed by atoms with E-state index in [4.69, 9.17) is 5.73 Å². The Bertz CT molecular complexity index is 400. The number of rotatable bonds is 8. The molecule has 106 valence electrons. The molecule has 0 heterocycles. The van der Waals surface area contributed by atoms with Crippen molar-refractivity contribution in [2.45, 2.75) is 39.0 Å². The molecular weight excluding hydrogens is 248 g/mol. The number of nitrogens with two attached hydrogens (primary N) is 1. The summed E-state index contributed by atoms with van der Waals surface area (Å²) in [6, 6.07) is 3.22. The number of carbonyl (C=O) groups excluding carboxylic acids is 1. The van der Waals surface area contributed by atoms with Gasteiger partial charge in [0.05, 0.1) is 0 Å². The quantitative estimate of drug-likeness (QED) is 0.787. The third-order valence-corrected chi connectivity index (χ3v) is 3.31. The van der Waals surface area contributed by atoms with Crippen molar-refractivity contribution < 1.29 is 13.6 Å². The first-order chi connectivity index (χ1) is 9.05. The van der Waals surface area contributed by atoms with Crippen LogP contribution >= 0.6 is 0 Å². The molecule has 4 heteroatoms. The zero-order valence-electron chi connectivity index (χ0n) is 11.3. The van der Waals surface area contributed by atoms with Gasteiger partial charge < -0.3 is 5.73 Å². The zero-order valence-corrected chi connectivity index (χ0v) is 11.3. The van der Waals surface area contributed by atoms with Crippen LogP contribution in [-0.4, -0.2) is 12.3 Å². The van der Waals surface area contributed by atoms with E-state index in [2.05, 4.69) is 6.92 Å². The van der Waals surface area contributed by atoms with E-state index >= 15 is 0 Å². The molecule has 0 aliphatic carbocycles. The van der Waals surface area contributed by atoms with Crippen LogP contribution in [0.4, 0.5) is 8.78 Å². The first kappa shape index (κ1) is 15.8. The predicted molar refractivity (Wildman–Crippen MR) is 71.8 cm³/mol. The average Bonchev–Trinajstić information content (AvgIpc) is 2.33. The van der Waals surface area contributed by atoms with Crippen molar-refractivity contribution >= 4 is 5.78 Å². The van der Waals surface area contributed by atoms with E-state index in [9.17, 15) is 13.6 Å². The molecule has 0 radical (unpaired) electrons. The lowest BCUT2D eigenvalue weighted by Gasteiger charge is -2.12. The molecule has 0 bridgehead atoms. The van der Waals surface area contributed by atoms with Crippen LogP contribution in [0.3, 0.4) is 0 Å². The Hall–Kier alpha value is -1.29. The van der Waals surface area contributed by atoms with Gasteiger partial charge in [0.15, 0.2) is 0 Å². The third-order valence-electron chi connectivity index (χ3n) is 3.31. The van der Waals surface area contributed by atoms with Crippen LogP contribution < -0.4 is 5.73 Å². The second kappa shape index (κ2) is 8.00. The molecule has 0 aliphatic rings. The number of Topliss-reactive ketones (excluding diaryl/α,β-unsaturated/α-hetero) is 1. The van der Waals surface area contributed by atoms with E-state index in [1.165, 1.54) is 12.1 Å². The second-order valence-corrected chi connectivity index (χ2v) is 4.88. The minimum Gasteiger partial charge on any atom is -0.330 e. The van der Waals surface area contributed by atoms with Gasteiger partial charge in [0.1, 0.15) is 17.4 Å². The molecule has 1 unspecified atom stereocenters. The summed E-state index contributed by atoms with van der Waals surface area (Å²) < 4.78 is 26.0. The molecule has 1 aromatic carbocycles. The van der Waals surface area contributed by atoms with E-state index in [0.29, 0.717) is 24.4 Å². The van der Waals surface area contributed by atoms with Crippen molar-refractivity contribution in [1.29, 1.82) is 0 Å². The van der Waals surface area contributed by atoms with E-state index in [0.717, 1.165) is 25.3 Å². The van der Waals surface area contributed by atoms with Crippen molar-refractivity contribution in [2.24, 2.45) is 11.7 Å². The van der Waals surface area contributed by atoms with E-state index < -0.39 is 11.6 Å². The predicted octanol–water partition coefficient (Wildman–Crippen LogP) is 3.23. The molecule has 0 saturated carbocycles. The van der Waals surface area contributed by atoms with Gasteiger partial charge in [-0.25, -0.2) is 8.78 Å². The largest absolute Gasteiger partial charge is 0.330 e. The topological polar surface area (TPSA) is 43.1 Å². The molecule has 1 rings (SSSR count). The first-order valence-corrected chi connectivity index (χ1v) is 6.71. The lowest BCUT2D eigenvalue weighted by Crippen LogP contribution is -2.11. The van der Waals surface area contributed by atoms with E-state index in [-0.39, 0.29) is 12.2 Å². The number of ketones is 1. The fourth-order valence-electron chi connectivity index (χ4n) is 2.18. The lowest BCUT2D eigenvalue weighted by molar-refractivity contribution is -0.118. The standard InChI is InChI=1S/C15H21F2NO/c1-2-11(5-6-18)3-4-15(19)9-12-7-13(16)10-14(17)8-12/h7-8,10-11H,2-6,9,18H2,1H3. The smallest absolute Gasteiger partial charge is 0.137 e. The van der Waals surface area contributed by atoms with Crippen LogP contribution in [0.2, 0.25) is 0 Å². The SMILES string of the molecule is CCC(CCN)CCC(=O)Cc1cc(F)cc(F)c1. The molecular formula is C15H21F2NO. The van der Waals surface area contributed by atoms with Gasteiger partial charge in [-0.3, -0.25) is 4.79 Å². The summed E-state index contributed by atoms with van der Waals surface area (Å²) >= 11 is 0. The monoisotopic (exact) mass is 269 g/mol. The highest BCUT2D eigenvalue weighted by molar-refractivity contribution is 5.80. The lowest BCUT2D eigenvalue weighted by atomic mass is 9.94. The van der Waals surface area contributed by atoms with Crippen LogP contribution in [0.5, 0.6) is 0 Å². The van der Waals surface area contributed by atoms with Gasteiger partial charge in [-0.05, 0) is 43.0 Å². The minimum absolute atomic E-state index is 0.0143. The van der Waals surface area contributed by atoms with Gasteiger partial charge in [0, 0.05) is 18.9 Å². The molecule has 19 heavy (non-hydrogen) atoms. The fourth-order valence-corrected chi connectivity index (χ4v) is 2.18. The van der Waals surface area contributed by atoms with Crippen molar-refractivity contribution in [3.8, 4) is 0 Å². The Balaban J connectivity index is 2.46. The number of halogens is 2. The zero-order chi connectivity index (χ0) is 14.3. The van der Waals surface area contributed by atoms with Gasteiger partial charge in [-0.1, -0.05) is 13.3 Å². The third kappa shape index (κ3) is 5.92. The highest BCUT2D eigenvalue weighted by Gasteiger charge is 2.10. The molecule has 2 N–H and O–H groups in total. The summed E-state index contributed by atoms with van der Waals surface area (Å²) in [7, 11) is 0. The Kier molecular flexibility index (Phi) is 6.64. The fraction of sp³-hybridized carbons (Fsp3) is 0.533. The highest BCUT2D eigenvalue weighted by atomic mass is 19.1. The summed E-state index contributed by atoms with van der Waals surface area (Å²) in [6.45, 7) is 2.70. The van der Waals surface area contributed by atoms with E-state index in [1.807, 2.05) is 0 Å². The van der Waals surface area contributed by atoms with Gasteiger partial charge >= 0.3 is 0 Å². The number of benzene rings is 1. The Morgan fingerprint density at radius 3 is 2.37 bits per heavy atom. The summed E-state index contributed by atoms with van der Waals surface area (Å²) in [6.07, 6.45) is 3.24. The highest BCUT2D eigenvalue weighted by Crippen LogP contribution is 2.16. The number of hydrogen-bond donors (Lipinski definition) is 1. The maximum absolute atomic E-state index is 13.0. The summed E-state index contributed by atoms with van der Waals surface area (Å²) in [4.78, 5) is 11.8. The van der Waals surface area contributed by atoms with Crippen molar-refractivity contribution in [3.63, 3.8) is 0 Å². The van der Waals surface area contributed by atoms with Crippen molar-refractivity contribution in [1.82, 2.24) is 0 Å². The first-order valence-electron chi connectivity index (χ1n) is 6.71. The van der Waals surface area contributed by atoms with Crippen LogP contribution in [0.25, 0.3) is 0 Å². The molecule has 0 spiro atoms. The summed E-state index contributed by atoms with van der Waals surface area (Å²) in [5, 5.41) is 0. The molecule has 0 aromatic heterocycles. The van der Waals surface area contributed by atoms with Gasteiger partial charge in [-0.15, -0.1) is 0 Å². The van der Waals surface area contributed by atoms with Crippen LogP contribution in [0, 0.1) is 17.6 Å². The number of hydrogen-bond acceptors (Lipinski definition) is 2. The average molecular weight is 269 g/mol. The van der Waals surface area contributed by atoms with Crippen molar-refractivity contribution in [3.05, 3.63) is 35.4 Å². The Morgan fingerprint density at radius 1 is 1.21 bits per heavy atom. The second-order valence-electron chi connectivity index (χ2n) is 4.88. The van der Waals surface area contributed by atoms with Gasteiger partial charge in [0.2, 0.25) is 0 Å². The van der Waals surface area contributed by atoms with Crippen LogP contribution in [0.15, 0.2) is 18.2 Å². The van der Waals surface area contributed by atoms with Gasteiger partial charge in [0.25, 0.3) is 0 Å². The molecule has 0 saturated heterocycles. The molecule has 1 atom stereocenters. The Morgan fingerprint density at radius 2 is 1.84 bits per heavy atom. The minimum atomic E-state index is -0.641. The normalized spacial score (nSPS) is 12.4. The molecule has 0 aliphatic heterocycles. The molecule has 2 nitrogen and oxygen atoms in total. The van der Waals surface area contributed by atoms with Crippen LogP contribution in [0.1, 0.15) is 38.2 Å². The van der Waals surface area contributed by atoms with Crippen molar-refractivity contribution in [2.75, 3.05) is 6.54 Å². The maximum Gasteiger partial charge on any atom is 0.137 e.